The normalized spacial score (nSPS) is 14.1. The van der Waals surface area contributed by atoms with Crippen LogP contribution in [-0.4, -0.2) is 56.8 Å². The molecule has 3 aromatic carbocycles. The highest BCUT2D eigenvalue weighted by atomic mass is 35.5. The lowest BCUT2D eigenvalue weighted by atomic mass is 9.88. The lowest BCUT2D eigenvalue weighted by Gasteiger charge is -2.29. The minimum atomic E-state index is -3.31. The molecule has 1 aromatic heterocycles. The second-order valence-corrected chi connectivity index (χ2v) is 14.6. The fraction of sp³-hybridized carbons (Fsp3) is 0.333. The van der Waals surface area contributed by atoms with E-state index in [4.69, 9.17) is 11.6 Å². The van der Waals surface area contributed by atoms with Gasteiger partial charge in [-0.15, -0.1) is 0 Å². The molecule has 0 unspecified atom stereocenters. The molecule has 226 valence electrons. The van der Waals surface area contributed by atoms with Crippen LogP contribution in [-0.2, 0) is 9.84 Å². The Balaban J connectivity index is 1.33. The van der Waals surface area contributed by atoms with Crippen molar-refractivity contribution in [3.8, 4) is 11.3 Å². The number of hydrogen-bond donors (Lipinski definition) is 2. The molecule has 5 rings (SSSR count). The summed E-state index contributed by atoms with van der Waals surface area (Å²) in [5.74, 6) is 0.749. The number of piperidine rings is 1. The Morgan fingerprint density at radius 2 is 1.58 bits per heavy atom. The van der Waals surface area contributed by atoms with Crippen LogP contribution in [0.1, 0.15) is 42.7 Å². The van der Waals surface area contributed by atoms with E-state index in [0.717, 1.165) is 38.8 Å². The summed E-state index contributed by atoms with van der Waals surface area (Å²) in [6, 6.07) is 27.1. The van der Waals surface area contributed by atoms with E-state index in [1.807, 2.05) is 17.0 Å². The first-order valence-corrected chi connectivity index (χ1v) is 17.7. The minimum Gasteiger partial charge on any atom is -0.324 e. The summed E-state index contributed by atoms with van der Waals surface area (Å²) in [6.45, 7) is 3.29. The molecule has 0 atom stereocenters. The molecule has 1 saturated heterocycles. The highest BCUT2D eigenvalue weighted by molar-refractivity contribution is 7.90. The molecule has 1 fully saturated rings. The molecule has 1 aliphatic heterocycles. The largest absolute Gasteiger partial charge is 0.324 e. The number of halogens is 1. The number of aromatic nitrogens is 1. The molecule has 0 saturated carbocycles. The Labute approximate surface area is 263 Å². The van der Waals surface area contributed by atoms with Crippen molar-refractivity contribution in [3.05, 3.63) is 100 Å². The third-order valence-electron chi connectivity index (χ3n) is 8.00. The van der Waals surface area contributed by atoms with E-state index in [-0.39, 0.29) is 16.8 Å². The number of hydrogen-bond acceptors (Lipinski definition) is 6. The summed E-state index contributed by atoms with van der Waals surface area (Å²) in [5, 5.41) is 6.83. The predicted octanol–water partition coefficient (Wildman–Crippen LogP) is 7.31. The summed E-state index contributed by atoms with van der Waals surface area (Å²) in [6.07, 6.45) is 5.15. The van der Waals surface area contributed by atoms with Crippen LogP contribution in [0, 0.1) is 5.92 Å². The van der Waals surface area contributed by atoms with Crippen LogP contribution in [0.3, 0.4) is 0 Å². The van der Waals surface area contributed by atoms with Gasteiger partial charge in [-0.25, -0.2) is 18.2 Å². The van der Waals surface area contributed by atoms with Crippen LogP contribution < -0.4 is 10.6 Å². The fourth-order valence-electron chi connectivity index (χ4n) is 5.57. The SMILES string of the molecule is CS(=O)(=O)c1ccc(-c2nc(NC(=O)N(CCC3CCNCC3)CCC(c3ccccc3)c3ccccc3)sc2Cl)cc1. The second kappa shape index (κ2) is 14.5. The van der Waals surface area contributed by atoms with Crippen LogP contribution in [0.25, 0.3) is 11.3 Å². The van der Waals surface area contributed by atoms with Gasteiger partial charge in [-0.05, 0) is 68.0 Å². The van der Waals surface area contributed by atoms with E-state index in [9.17, 15) is 13.2 Å². The number of carbonyl (C=O) groups is 1. The van der Waals surface area contributed by atoms with Gasteiger partial charge in [0.1, 0.15) is 10.0 Å². The number of urea groups is 1. The van der Waals surface area contributed by atoms with Gasteiger partial charge in [0.15, 0.2) is 15.0 Å². The van der Waals surface area contributed by atoms with Crippen molar-refractivity contribution in [3.63, 3.8) is 0 Å². The van der Waals surface area contributed by atoms with E-state index in [2.05, 4.69) is 64.1 Å². The molecular formula is C33H37ClN4O3S2. The number of rotatable bonds is 11. The highest BCUT2D eigenvalue weighted by Crippen LogP contribution is 2.36. The molecular weight excluding hydrogens is 600 g/mol. The lowest BCUT2D eigenvalue weighted by Crippen LogP contribution is -2.38. The van der Waals surface area contributed by atoms with Crippen LogP contribution in [0.4, 0.5) is 9.93 Å². The molecule has 10 heteroatoms. The number of benzene rings is 3. The van der Waals surface area contributed by atoms with Crippen molar-refractivity contribution in [2.75, 3.05) is 37.8 Å². The first-order valence-electron chi connectivity index (χ1n) is 14.6. The molecule has 0 radical (unpaired) electrons. The van der Waals surface area contributed by atoms with Gasteiger partial charge in [0.05, 0.1) is 4.90 Å². The number of thiazole rings is 1. The molecule has 4 aromatic rings. The van der Waals surface area contributed by atoms with Crippen molar-refractivity contribution in [2.45, 2.75) is 36.5 Å². The van der Waals surface area contributed by atoms with Crippen LogP contribution >= 0.6 is 22.9 Å². The van der Waals surface area contributed by atoms with Crippen LogP contribution in [0.15, 0.2) is 89.8 Å². The average molecular weight is 637 g/mol. The number of anilines is 1. The first-order chi connectivity index (χ1) is 20.8. The molecule has 7 nitrogen and oxygen atoms in total. The predicted molar refractivity (Wildman–Crippen MR) is 176 cm³/mol. The number of carbonyl (C=O) groups excluding carboxylic acids is 1. The molecule has 0 aliphatic carbocycles. The summed E-state index contributed by atoms with van der Waals surface area (Å²) in [5.41, 5.74) is 3.65. The van der Waals surface area contributed by atoms with E-state index in [1.54, 1.807) is 12.1 Å². The van der Waals surface area contributed by atoms with Crippen molar-refractivity contribution in [1.29, 1.82) is 0 Å². The molecule has 1 aliphatic rings. The van der Waals surface area contributed by atoms with Crippen molar-refractivity contribution >= 4 is 43.9 Å². The van der Waals surface area contributed by atoms with E-state index < -0.39 is 9.84 Å². The molecule has 0 spiro atoms. The summed E-state index contributed by atoms with van der Waals surface area (Å²) >= 11 is 7.74. The zero-order chi connectivity index (χ0) is 30.2. The van der Waals surface area contributed by atoms with Crippen LogP contribution in [0.2, 0.25) is 4.34 Å². The van der Waals surface area contributed by atoms with Gasteiger partial charge in [0, 0.05) is 30.8 Å². The Kier molecular flexibility index (Phi) is 10.5. The molecule has 2 amide bonds. The topological polar surface area (TPSA) is 91.4 Å². The lowest BCUT2D eigenvalue weighted by molar-refractivity contribution is 0.202. The minimum absolute atomic E-state index is 0.160. The quantitative estimate of drug-likeness (QED) is 0.180. The third-order valence-corrected chi connectivity index (χ3v) is 10.3. The standard InChI is InChI=1S/C33H37ClN4O3S2/c1-43(40,41)28-14-12-27(13-15-28)30-31(34)42-32(36-30)37-33(39)38(22-18-24-16-20-35-21-17-24)23-19-29(25-8-4-2-5-9-25)26-10-6-3-7-11-26/h2-15,24,29,35H,16-23H2,1H3,(H,36,37,39). The van der Waals surface area contributed by atoms with Gasteiger partial charge in [-0.1, -0.05) is 95.7 Å². The van der Waals surface area contributed by atoms with Gasteiger partial charge in [0.25, 0.3) is 0 Å². The maximum Gasteiger partial charge on any atom is 0.323 e. The summed E-state index contributed by atoms with van der Waals surface area (Å²) in [4.78, 5) is 20.5. The van der Waals surface area contributed by atoms with Gasteiger partial charge in [-0.2, -0.15) is 0 Å². The zero-order valence-corrected chi connectivity index (χ0v) is 26.6. The zero-order valence-electron chi connectivity index (χ0n) is 24.2. The Morgan fingerprint density at radius 1 is 0.977 bits per heavy atom. The van der Waals surface area contributed by atoms with Crippen LogP contribution in [0.5, 0.6) is 0 Å². The number of nitrogens with zero attached hydrogens (tertiary/aromatic N) is 2. The highest BCUT2D eigenvalue weighted by Gasteiger charge is 2.23. The summed E-state index contributed by atoms with van der Waals surface area (Å²) in [7, 11) is -3.31. The number of nitrogens with one attached hydrogen (secondary N) is 2. The molecule has 2 N–H and O–H groups in total. The number of sulfone groups is 1. The molecule has 0 bridgehead atoms. The maximum atomic E-state index is 13.7. The van der Waals surface area contributed by atoms with Gasteiger partial charge in [0.2, 0.25) is 0 Å². The second-order valence-electron chi connectivity index (χ2n) is 11.0. The molecule has 2 heterocycles. The van der Waals surface area contributed by atoms with Crippen molar-refractivity contribution in [1.82, 2.24) is 15.2 Å². The third kappa shape index (κ3) is 8.44. The Bertz CT molecular complexity index is 1550. The van der Waals surface area contributed by atoms with Crippen molar-refractivity contribution < 1.29 is 13.2 Å². The van der Waals surface area contributed by atoms with Crippen molar-refractivity contribution in [2.24, 2.45) is 5.92 Å². The average Bonchev–Trinajstić information content (AvgIpc) is 3.39. The number of amides is 2. The first kappa shape index (κ1) is 31.2. The Morgan fingerprint density at radius 3 is 2.16 bits per heavy atom. The van der Waals surface area contributed by atoms with E-state index >= 15 is 0 Å². The van der Waals surface area contributed by atoms with E-state index in [1.165, 1.54) is 40.9 Å². The van der Waals surface area contributed by atoms with Gasteiger partial charge < -0.3 is 10.2 Å². The molecule has 43 heavy (non-hydrogen) atoms. The summed E-state index contributed by atoms with van der Waals surface area (Å²) < 4.78 is 24.1. The smallest absolute Gasteiger partial charge is 0.323 e. The van der Waals surface area contributed by atoms with Gasteiger partial charge >= 0.3 is 6.03 Å². The monoisotopic (exact) mass is 636 g/mol. The Hall–Kier alpha value is -3.24. The van der Waals surface area contributed by atoms with Gasteiger partial charge in [-0.3, -0.25) is 5.32 Å². The van der Waals surface area contributed by atoms with E-state index in [0.29, 0.717) is 39.7 Å². The maximum absolute atomic E-state index is 13.7. The fourth-order valence-corrected chi connectivity index (χ4v) is 7.27.